The van der Waals surface area contributed by atoms with Crippen LogP contribution in [0.5, 0.6) is 5.75 Å². The van der Waals surface area contributed by atoms with E-state index in [-0.39, 0.29) is 0 Å². The van der Waals surface area contributed by atoms with Gasteiger partial charge in [-0.3, -0.25) is 0 Å². The third-order valence-corrected chi connectivity index (χ3v) is 1.96. The summed E-state index contributed by atoms with van der Waals surface area (Å²) in [6.07, 6.45) is 0. The van der Waals surface area contributed by atoms with Crippen molar-refractivity contribution in [1.82, 2.24) is 15.0 Å². The van der Waals surface area contributed by atoms with E-state index < -0.39 is 0 Å². The Bertz CT molecular complexity index is 437. The Hall–Kier alpha value is -1.62. The normalized spacial score (nSPS) is 10.7. The average molecular weight is 192 g/mol. The molecule has 0 amide bonds. The van der Waals surface area contributed by atoms with Crippen LogP contribution in [0, 0.1) is 0 Å². The van der Waals surface area contributed by atoms with Crippen LogP contribution < -0.4 is 10.5 Å². The SMILES string of the molecule is COc1ccc2nn(CCN)nc2c1. The molecular weight excluding hydrogens is 180 g/mol. The molecule has 5 nitrogen and oxygen atoms in total. The molecule has 1 heterocycles. The second-order valence-corrected chi connectivity index (χ2v) is 2.94. The minimum Gasteiger partial charge on any atom is -0.497 e. The summed E-state index contributed by atoms with van der Waals surface area (Å²) in [7, 11) is 1.63. The Kier molecular flexibility index (Phi) is 2.32. The van der Waals surface area contributed by atoms with Gasteiger partial charge in [0.25, 0.3) is 0 Å². The van der Waals surface area contributed by atoms with Gasteiger partial charge in [-0.25, -0.2) is 0 Å². The summed E-state index contributed by atoms with van der Waals surface area (Å²) < 4.78 is 5.09. The van der Waals surface area contributed by atoms with Crippen molar-refractivity contribution in [3.05, 3.63) is 18.2 Å². The summed E-state index contributed by atoms with van der Waals surface area (Å²) in [5, 5.41) is 8.50. The van der Waals surface area contributed by atoms with Crippen LogP contribution in [-0.4, -0.2) is 28.6 Å². The predicted octanol–water partition coefficient (Wildman–Crippen LogP) is 0.399. The number of ether oxygens (including phenoxy) is 1. The standard InChI is InChI=1S/C9H12N4O/c1-14-7-2-3-8-9(6-7)12-13(11-8)5-4-10/h2-3,6H,4-5,10H2,1H3. The van der Waals surface area contributed by atoms with Gasteiger partial charge in [-0.2, -0.15) is 15.0 Å². The molecule has 0 aliphatic heterocycles. The third-order valence-electron chi connectivity index (χ3n) is 1.96. The van der Waals surface area contributed by atoms with Crippen molar-refractivity contribution in [3.63, 3.8) is 0 Å². The van der Waals surface area contributed by atoms with E-state index in [0.717, 1.165) is 16.8 Å². The fourth-order valence-electron chi connectivity index (χ4n) is 1.28. The first-order valence-corrected chi connectivity index (χ1v) is 4.42. The number of benzene rings is 1. The molecule has 5 heteroatoms. The van der Waals surface area contributed by atoms with Crippen molar-refractivity contribution in [2.45, 2.75) is 6.54 Å². The van der Waals surface area contributed by atoms with E-state index in [2.05, 4.69) is 10.2 Å². The number of nitrogens with zero attached hydrogens (tertiary/aromatic N) is 3. The van der Waals surface area contributed by atoms with Crippen molar-refractivity contribution < 1.29 is 4.74 Å². The van der Waals surface area contributed by atoms with E-state index >= 15 is 0 Å². The van der Waals surface area contributed by atoms with Crippen molar-refractivity contribution in [3.8, 4) is 5.75 Å². The maximum atomic E-state index is 5.41. The van der Waals surface area contributed by atoms with Gasteiger partial charge in [-0.05, 0) is 12.1 Å². The Balaban J connectivity index is 2.43. The summed E-state index contributed by atoms with van der Waals surface area (Å²) in [5.41, 5.74) is 7.10. The summed E-state index contributed by atoms with van der Waals surface area (Å²) in [4.78, 5) is 1.60. The van der Waals surface area contributed by atoms with Crippen molar-refractivity contribution in [2.75, 3.05) is 13.7 Å². The number of hydrogen-bond acceptors (Lipinski definition) is 4. The zero-order valence-electron chi connectivity index (χ0n) is 7.97. The number of fused-ring (bicyclic) bond motifs is 1. The molecule has 2 N–H and O–H groups in total. The highest BCUT2D eigenvalue weighted by Gasteiger charge is 2.02. The summed E-state index contributed by atoms with van der Waals surface area (Å²) in [5.74, 6) is 0.789. The van der Waals surface area contributed by atoms with E-state index in [1.807, 2.05) is 18.2 Å². The molecule has 0 atom stereocenters. The van der Waals surface area contributed by atoms with E-state index in [9.17, 15) is 0 Å². The fraction of sp³-hybridized carbons (Fsp3) is 0.333. The minimum atomic E-state index is 0.540. The third kappa shape index (κ3) is 1.54. The smallest absolute Gasteiger partial charge is 0.121 e. The monoisotopic (exact) mass is 192 g/mol. The van der Waals surface area contributed by atoms with Gasteiger partial charge in [0, 0.05) is 12.6 Å². The number of hydrogen-bond donors (Lipinski definition) is 1. The largest absolute Gasteiger partial charge is 0.497 e. The highest BCUT2D eigenvalue weighted by atomic mass is 16.5. The quantitative estimate of drug-likeness (QED) is 0.764. The van der Waals surface area contributed by atoms with Crippen LogP contribution in [0.3, 0.4) is 0 Å². The van der Waals surface area contributed by atoms with Gasteiger partial charge in [0.1, 0.15) is 16.8 Å². The maximum absolute atomic E-state index is 5.41. The van der Waals surface area contributed by atoms with Gasteiger partial charge in [0.05, 0.1) is 13.7 Å². The molecule has 0 unspecified atom stereocenters. The zero-order chi connectivity index (χ0) is 9.97. The molecule has 0 radical (unpaired) electrons. The molecule has 0 saturated heterocycles. The summed E-state index contributed by atoms with van der Waals surface area (Å²) >= 11 is 0. The van der Waals surface area contributed by atoms with Crippen LogP contribution in [-0.2, 0) is 6.54 Å². The van der Waals surface area contributed by atoms with Gasteiger partial charge >= 0.3 is 0 Å². The lowest BCUT2D eigenvalue weighted by Gasteiger charge is -1.95. The first-order valence-electron chi connectivity index (χ1n) is 4.42. The molecule has 0 saturated carbocycles. The Morgan fingerprint density at radius 1 is 1.36 bits per heavy atom. The molecule has 14 heavy (non-hydrogen) atoms. The predicted molar refractivity (Wildman–Crippen MR) is 53.1 cm³/mol. The van der Waals surface area contributed by atoms with Gasteiger partial charge in [0.2, 0.25) is 0 Å². The van der Waals surface area contributed by atoms with Crippen molar-refractivity contribution in [2.24, 2.45) is 5.73 Å². The Morgan fingerprint density at radius 2 is 2.14 bits per heavy atom. The van der Waals surface area contributed by atoms with E-state index in [1.165, 1.54) is 0 Å². The topological polar surface area (TPSA) is 66.0 Å². The van der Waals surface area contributed by atoms with Gasteiger partial charge in [0.15, 0.2) is 0 Å². The van der Waals surface area contributed by atoms with Crippen LogP contribution in [0.4, 0.5) is 0 Å². The number of nitrogens with two attached hydrogens (primary N) is 1. The van der Waals surface area contributed by atoms with Crippen LogP contribution in [0.25, 0.3) is 11.0 Å². The molecule has 2 rings (SSSR count). The molecule has 1 aromatic carbocycles. The number of rotatable bonds is 3. The van der Waals surface area contributed by atoms with Crippen LogP contribution in [0.1, 0.15) is 0 Å². The van der Waals surface area contributed by atoms with Crippen molar-refractivity contribution in [1.29, 1.82) is 0 Å². The molecule has 0 spiro atoms. The van der Waals surface area contributed by atoms with Gasteiger partial charge < -0.3 is 10.5 Å². The first-order chi connectivity index (χ1) is 6.83. The second kappa shape index (κ2) is 3.63. The van der Waals surface area contributed by atoms with Crippen LogP contribution >= 0.6 is 0 Å². The number of aromatic nitrogens is 3. The average Bonchev–Trinajstić information content (AvgIpc) is 2.59. The molecule has 0 aliphatic carbocycles. The zero-order valence-corrected chi connectivity index (χ0v) is 7.97. The van der Waals surface area contributed by atoms with E-state index in [0.29, 0.717) is 13.1 Å². The Morgan fingerprint density at radius 3 is 2.86 bits per heavy atom. The molecule has 74 valence electrons. The van der Waals surface area contributed by atoms with Crippen LogP contribution in [0.2, 0.25) is 0 Å². The fourth-order valence-corrected chi connectivity index (χ4v) is 1.28. The molecule has 0 aliphatic rings. The molecule has 2 aromatic rings. The Labute approximate surface area is 81.5 Å². The first kappa shape index (κ1) is 8.96. The maximum Gasteiger partial charge on any atom is 0.121 e. The van der Waals surface area contributed by atoms with Gasteiger partial charge in [-0.1, -0.05) is 0 Å². The second-order valence-electron chi connectivity index (χ2n) is 2.94. The lowest BCUT2D eigenvalue weighted by Crippen LogP contribution is -2.12. The number of methoxy groups -OCH3 is 1. The highest BCUT2D eigenvalue weighted by Crippen LogP contribution is 2.16. The molecule has 1 aromatic heterocycles. The minimum absolute atomic E-state index is 0.540. The van der Waals surface area contributed by atoms with Crippen molar-refractivity contribution >= 4 is 11.0 Å². The summed E-state index contributed by atoms with van der Waals surface area (Å²) in [6, 6.07) is 5.60. The summed E-state index contributed by atoms with van der Waals surface area (Å²) in [6.45, 7) is 1.18. The van der Waals surface area contributed by atoms with E-state index in [1.54, 1.807) is 11.9 Å². The van der Waals surface area contributed by atoms with Crippen LogP contribution in [0.15, 0.2) is 18.2 Å². The molecule has 0 bridgehead atoms. The van der Waals surface area contributed by atoms with Gasteiger partial charge in [-0.15, -0.1) is 0 Å². The lowest BCUT2D eigenvalue weighted by atomic mass is 10.3. The highest BCUT2D eigenvalue weighted by molar-refractivity contribution is 5.75. The van der Waals surface area contributed by atoms with E-state index in [4.69, 9.17) is 10.5 Å². The lowest BCUT2D eigenvalue weighted by molar-refractivity contribution is 0.415. The molecular formula is C9H12N4O. The molecule has 0 fully saturated rings.